The van der Waals surface area contributed by atoms with E-state index in [9.17, 15) is 9.59 Å². The maximum Gasteiger partial charge on any atom is 0.332 e. The number of rotatable bonds is 8. The zero-order valence-electron chi connectivity index (χ0n) is 9.69. The molecule has 6 nitrogen and oxygen atoms in total. The summed E-state index contributed by atoms with van der Waals surface area (Å²) < 4.78 is 0. The number of aliphatic hydroxyl groups excluding tert-OH is 1. The van der Waals surface area contributed by atoms with Gasteiger partial charge in [-0.3, -0.25) is 4.79 Å². The Bertz CT molecular complexity index is 233. The van der Waals surface area contributed by atoms with Gasteiger partial charge in [-0.15, -0.1) is 0 Å². The molecule has 0 bridgehead atoms. The number of carbonyl (C=O) groups is 2. The van der Waals surface area contributed by atoms with Crippen LogP contribution >= 0.6 is 0 Å². The number of aliphatic hydroxyl groups is 1. The molecule has 0 saturated carbocycles. The minimum atomic E-state index is -1.41. The van der Waals surface area contributed by atoms with Crippen LogP contribution in [0.3, 0.4) is 0 Å². The molecule has 2 unspecified atom stereocenters. The zero-order valence-corrected chi connectivity index (χ0v) is 9.69. The molecule has 94 valence electrons. The van der Waals surface area contributed by atoms with Gasteiger partial charge in [0.25, 0.3) is 0 Å². The van der Waals surface area contributed by atoms with Crippen molar-refractivity contribution in [1.82, 2.24) is 10.6 Å². The van der Waals surface area contributed by atoms with Crippen LogP contribution in [0.25, 0.3) is 0 Å². The fourth-order valence-electron chi connectivity index (χ4n) is 1.24. The SMILES string of the molecule is CCNC(C)CC(=O)NCCC(O)C(=O)O. The van der Waals surface area contributed by atoms with Gasteiger partial charge in [-0.1, -0.05) is 6.92 Å². The summed E-state index contributed by atoms with van der Waals surface area (Å²) in [5, 5.41) is 23.0. The number of aliphatic carboxylic acids is 1. The molecule has 0 aromatic heterocycles. The summed E-state index contributed by atoms with van der Waals surface area (Å²) in [5.74, 6) is -1.42. The first-order valence-corrected chi connectivity index (χ1v) is 5.38. The van der Waals surface area contributed by atoms with Gasteiger partial charge in [0, 0.05) is 25.4 Å². The first-order chi connectivity index (χ1) is 7.47. The normalized spacial score (nSPS) is 14.2. The van der Waals surface area contributed by atoms with E-state index in [2.05, 4.69) is 10.6 Å². The van der Waals surface area contributed by atoms with Gasteiger partial charge >= 0.3 is 5.97 Å². The lowest BCUT2D eigenvalue weighted by molar-refractivity contribution is -0.147. The smallest absolute Gasteiger partial charge is 0.332 e. The Morgan fingerprint density at radius 2 is 2.00 bits per heavy atom. The summed E-state index contributed by atoms with van der Waals surface area (Å²) in [4.78, 5) is 21.6. The lowest BCUT2D eigenvalue weighted by Gasteiger charge is -2.12. The van der Waals surface area contributed by atoms with Crippen molar-refractivity contribution >= 4 is 11.9 Å². The van der Waals surface area contributed by atoms with Crippen LogP contribution in [-0.4, -0.2) is 47.3 Å². The molecule has 16 heavy (non-hydrogen) atoms. The number of hydrogen-bond acceptors (Lipinski definition) is 4. The Balaban J connectivity index is 3.62. The van der Waals surface area contributed by atoms with Crippen LogP contribution in [-0.2, 0) is 9.59 Å². The van der Waals surface area contributed by atoms with E-state index in [0.29, 0.717) is 6.42 Å². The second-order valence-corrected chi connectivity index (χ2v) is 3.66. The fourth-order valence-corrected chi connectivity index (χ4v) is 1.24. The van der Waals surface area contributed by atoms with Crippen molar-refractivity contribution < 1.29 is 19.8 Å². The first-order valence-electron chi connectivity index (χ1n) is 5.38. The van der Waals surface area contributed by atoms with E-state index in [1.807, 2.05) is 13.8 Å². The van der Waals surface area contributed by atoms with Crippen LogP contribution in [0, 0.1) is 0 Å². The topological polar surface area (TPSA) is 98.7 Å². The largest absolute Gasteiger partial charge is 0.479 e. The quantitative estimate of drug-likeness (QED) is 0.445. The average Bonchev–Trinajstić information content (AvgIpc) is 2.17. The maximum absolute atomic E-state index is 11.3. The Morgan fingerprint density at radius 3 is 2.50 bits per heavy atom. The third-order valence-electron chi connectivity index (χ3n) is 2.07. The first kappa shape index (κ1) is 14.9. The van der Waals surface area contributed by atoms with Gasteiger partial charge in [0.1, 0.15) is 0 Å². The number of carboxylic acid groups (broad SMARTS) is 1. The average molecular weight is 232 g/mol. The zero-order chi connectivity index (χ0) is 12.6. The summed E-state index contributed by atoms with van der Waals surface area (Å²) in [6, 6.07) is 0.0920. The Labute approximate surface area is 95.0 Å². The summed E-state index contributed by atoms with van der Waals surface area (Å²) in [5.41, 5.74) is 0. The summed E-state index contributed by atoms with van der Waals surface area (Å²) >= 11 is 0. The van der Waals surface area contributed by atoms with E-state index in [1.54, 1.807) is 0 Å². The summed E-state index contributed by atoms with van der Waals surface area (Å²) in [7, 11) is 0. The highest BCUT2D eigenvalue weighted by atomic mass is 16.4. The van der Waals surface area contributed by atoms with Crippen LogP contribution in [0.5, 0.6) is 0 Å². The van der Waals surface area contributed by atoms with E-state index < -0.39 is 12.1 Å². The van der Waals surface area contributed by atoms with Crippen molar-refractivity contribution in [1.29, 1.82) is 0 Å². The van der Waals surface area contributed by atoms with Crippen molar-refractivity contribution in [2.45, 2.75) is 38.8 Å². The van der Waals surface area contributed by atoms with Crippen molar-refractivity contribution in [3.05, 3.63) is 0 Å². The molecule has 0 aliphatic carbocycles. The molecule has 0 aromatic carbocycles. The van der Waals surface area contributed by atoms with Gasteiger partial charge < -0.3 is 20.8 Å². The molecule has 0 aliphatic heterocycles. The van der Waals surface area contributed by atoms with Gasteiger partial charge in [0.2, 0.25) is 5.91 Å². The van der Waals surface area contributed by atoms with E-state index in [0.717, 1.165) is 6.54 Å². The lowest BCUT2D eigenvalue weighted by Crippen LogP contribution is -2.35. The predicted octanol–water partition coefficient (Wildman–Crippen LogP) is -0.674. The lowest BCUT2D eigenvalue weighted by atomic mass is 10.2. The van der Waals surface area contributed by atoms with Crippen LogP contribution in [0.2, 0.25) is 0 Å². The van der Waals surface area contributed by atoms with Gasteiger partial charge in [0.05, 0.1) is 0 Å². The third-order valence-corrected chi connectivity index (χ3v) is 2.07. The summed E-state index contributed by atoms with van der Waals surface area (Å²) in [6.07, 6.45) is -1.04. The van der Waals surface area contributed by atoms with Crippen molar-refractivity contribution in [2.24, 2.45) is 0 Å². The van der Waals surface area contributed by atoms with Crippen LogP contribution in [0.15, 0.2) is 0 Å². The van der Waals surface area contributed by atoms with E-state index in [1.165, 1.54) is 0 Å². The molecule has 4 N–H and O–H groups in total. The molecular weight excluding hydrogens is 212 g/mol. The number of carboxylic acids is 1. The molecule has 0 aliphatic rings. The number of nitrogens with one attached hydrogen (secondary N) is 2. The number of hydrogen-bond donors (Lipinski definition) is 4. The third kappa shape index (κ3) is 7.19. The molecule has 0 heterocycles. The second kappa shape index (κ2) is 8.06. The molecule has 0 aromatic rings. The van der Waals surface area contributed by atoms with Gasteiger partial charge in [-0.25, -0.2) is 4.79 Å². The minimum Gasteiger partial charge on any atom is -0.479 e. The monoisotopic (exact) mass is 232 g/mol. The molecule has 1 amide bonds. The number of carbonyl (C=O) groups excluding carboxylic acids is 1. The van der Waals surface area contributed by atoms with Crippen molar-refractivity contribution in [3.8, 4) is 0 Å². The van der Waals surface area contributed by atoms with E-state index in [4.69, 9.17) is 10.2 Å². The molecule has 0 saturated heterocycles. The molecule has 0 radical (unpaired) electrons. The fraction of sp³-hybridized carbons (Fsp3) is 0.800. The summed E-state index contributed by atoms with van der Waals surface area (Å²) in [6.45, 7) is 4.82. The van der Waals surface area contributed by atoms with Crippen LogP contribution < -0.4 is 10.6 Å². The van der Waals surface area contributed by atoms with Crippen LogP contribution in [0.1, 0.15) is 26.7 Å². The van der Waals surface area contributed by atoms with Gasteiger partial charge in [-0.2, -0.15) is 0 Å². The van der Waals surface area contributed by atoms with E-state index >= 15 is 0 Å². The highest BCUT2D eigenvalue weighted by Crippen LogP contribution is 1.92. The molecule has 2 atom stereocenters. The van der Waals surface area contributed by atoms with Gasteiger partial charge in [0.15, 0.2) is 6.10 Å². The number of amides is 1. The molecule has 0 fully saturated rings. The molecule has 0 spiro atoms. The Kier molecular flexibility index (Phi) is 7.49. The molecule has 6 heteroatoms. The minimum absolute atomic E-state index is 0.0245. The molecular formula is C10H20N2O4. The van der Waals surface area contributed by atoms with E-state index in [-0.39, 0.29) is 24.9 Å². The second-order valence-electron chi connectivity index (χ2n) is 3.66. The van der Waals surface area contributed by atoms with Gasteiger partial charge in [-0.05, 0) is 13.5 Å². The Morgan fingerprint density at radius 1 is 1.38 bits per heavy atom. The Hall–Kier alpha value is -1.14. The predicted molar refractivity (Wildman–Crippen MR) is 59.0 cm³/mol. The van der Waals surface area contributed by atoms with Crippen molar-refractivity contribution in [2.75, 3.05) is 13.1 Å². The van der Waals surface area contributed by atoms with Crippen molar-refractivity contribution in [3.63, 3.8) is 0 Å². The van der Waals surface area contributed by atoms with Crippen LogP contribution in [0.4, 0.5) is 0 Å². The maximum atomic E-state index is 11.3. The highest BCUT2D eigenvalue weighted by molar-refractivity contribution is 5.76. The highest BCUT2D eigenvalue weighted by Gasteiger charge is 2.13. The standard InChI is InChI=1S/C10H20N2O4/c1-3-11-7(2)6-9(14)12-5-4-8(13)10(15)16/h7-8,11,13H,3-6H2,1-2H3,(H,12,14)(H,15,16). The molecule has 0 rings (SSSR count).